The van der Waals surface area contributed by atoms with Crippen LogP contribution >= 0.6 is 34.2 Å². The van der Waals surface area contributed by atoms with Gasteiger partial charge in [-0.15, -0.1) is 0 Å². The van der Waals surface area contributed by atoms with Crippen LogP contribution in [0.1, 0.15) is 5.76 Å². The quantitative estimate of drug-likeness (QED) is 0.745. The van der Waals surface area contributed by atoms with Gasteiger partial charge in [0.25, 0.3) is 0 Å². The van der Waals surface area contributed by atoms with Gasteiger partial charge in [-0.1, -0.05) is 17.7 Å². The molecule has 0 radical (unpaired) electrons. The Labute approximate surface area is 100 Å². The summed E-state index contributed by atoms with van der Waals surface area (Å²) in [6.07, 6.45) is 1.69. The average Bonchev–Trinajstić information content (AvgIpc) is 2.57. The first-order chi connectivity index (χ1) is 6.68. The van der Waals surface area contributed by atoms with Gasteiger partial charge < -0.3 is 4.42 Å². The van der Waals surface area contributed by atoms with Gasteiger partial charge in [0.2, 0.25) is 5.89 Å². The van der Waals surface area contributed by atoms with E-state index in [1.54, 1.807) is 6.20 Å². The third kappa shape index (κ3) is 1.79. The number of oxazole rings is 1. The van der Waals surface area contributed by atoms with Crippen molar-refractivity contribution in [3.8, 4) is 11.5 Å². The van der Waals surface area contributed by atoms with Crippen molar-refractivity contribution in [1.82, 2.24) is 4.98 Å². The van der Waals surface area contributed by atoms with E-state index in [2.05, 4.69) is 27.6 Å². The summed E-state index contributed by atoms with van der Waals surface area (Å²) < 4.78 is 6.40. The molecule has 1 heterocycles. The van der Waals surface area contributed by atoms with Crippen molar-refractivity contribution in [2.75, 3.05) is 0 Å². The van der Waals surface area contributed by atoms with Gasteiger partial charge in [-0.05, 0) is 41.6 Å². The van der Waals surface area contributed by atoms with E-state index < -0.39 is 0 Å². The van der Waals surface area contributed by atoms with Gasteiger partial charge in [0.1, 0.15) is 5.76 Å². The third-order valence-corrected chi connectivity index (χ3v) is 3.43. The van der Waals surface area contributed by atoms with E-state index in [1.165, 1.54) is 0 Å². The molecule has 2 aromatic rings. The Morgan fingerprint density at radius 2 is 2.21 bits per heavy atom. The summed E-state index contributed by atoms with van der Waals surface area (Å²) in [5.74, 6) is 1.36. The summed E-state index contributed by atoms with van der Waals surface area (Å²) in [6, 6.07) is 5.78. The molecule has 0 saturated heterocycles. The van der Waals surface area contributed by atoms with Crippen molar-refractivity contribution < 1.29 is 4.42 Å². The average molecular weight is 320 g/mol. The lowest BCUT2D eigenvalue weighted by Crippen LogP contribution is -1.81. The first-order valence-corrected chi connectivity index (χ1v) is 5.51. The van der Waals surface area contributed by atoms with E-state index in [1.807, 2.05) is 25.1 Å². The topological polar surface area (TPSA) is 26.0 Å². The van der Waals surface area contributed by atoms with Crippen LogP contribution < -0.4 is 0 Å². The number of hydrogen-bond acceptors (Lipinski definition) is 2. The summed E-state index contributed by atoms with van der Waals surface area (Å²) >= 11 is 8.31. The Kier molecular flexibility index (Phi) is 2.78. The van der Waals surface area contributed by atoms with Crippen molar-refractivity contribution in [3.05, 3.63) is 38.7 Å². The zero-order chi connectivity index (χ0) is 10.1. The van der Waals surface area contributed by atoms with Gasteiger partial charge in [-0.2, -0.15) is 0 Å². The van der Waals surface area contributed by atoms with E-state index in [-0.39, 0.29) is 0 Å². The standard InChI is InChI=1S/C10H7ClINO/c1-6-5-13-10(14-6)7-3-2-4-8(12)9(7)11/h2-5H,1H3. The zero-order valence-corrected chi connectivity index (χ0v) is 10.3. The highest BCUT2D eigenvalue weighted by Crippen LogP contribution is 2.30. The highest BCUT2D eigenvalue weighted by Gasteiger charge is 2.10. The van der Waals surface area contributed by atoms with Crippen molar-refractivity contribution >= 4 is 34.2 Å². The Morgan fingerprint density at radius 3 is 2.86 bits per heavy atom. The minimum Gasteiger partial charge on any atom is -0.441 e. The smallest absolute Gasteiger partial charge is 0.227 e. The van der Waals surface area contributed by atoms with Gasteiger partial charge in [0.05, 0.1) is 16.8 Å². The molecule has 1 aromatic heterocycles. The highest BCUT2D eigenvalue weighted by molar-refractivity contribution is 14.1. The Morgan fingerprint density at radius 1 is 1.43 bits per heavy atom. The molecule has 14 heavy (non-hydrogen) atoms. The minimum atomic E-state index is 0.575. The SMILES string of the molecule is Cc1cnc(-c2cccc(I)c2Cl)o1. The van der Waals surface area contributed by atoms with Crippen LogP contribution in [0.25, 0.3) is 11.5 Å². The molecule has 0 atom stereocenters. The molecule has 72 valence electrons. The van der Waals surface area contributed by atoms with Crippen LogP contribution in [0, 0.1) is 10.5 Å². The summed E-state index contributed by atoms with van der Waals surface area (Å²) in [4.78, 5) is 4.13. The number of aryl methyl sites for hydroxylation is 1. The van der Waals surface area contributed by atoms with Crippen LogP contribution in [0.15, 0.2) is 28.8 Å². The fourth-order valence-electron chi connectivity index (χ4n) is 1.15. The third-order valence-electron chi connectivity index (χ3n) is 1.80. The van der Waals surface area contributed by atoms with Crippen molar-refractivity contribution in [3.63, 3.8) is 0 Å². The molecule has 0 aliphatic heterocycles. The summed E-state index contributed by atoms with van der Waals surface area (Å²) in [6.45, 7) is 1.86. The Hall–Kier alpha value is -0.550. The molecule has 4 heteroatoms. The molecule has 0 aliphatic rings. The highest BCUT2D eigenvalue weighted by atomic mass is 127. The molecular formula is C10H7ClINO. The van der Waals surface area contributed by atoms with Crippen molar-refractivity contribution in [1.29, 1.82) is 0 Å². The summed E-state index contributed by atoms with van der Waals surface area (Å²) in [7, 11) is 0. The number of aromatic nitrogens is 1. The number of nitrogens with zero attached hydrogens (tertiary/aromatic N) is 1. The lowest BCUT2D eigenvalue weighted by atomic mass is 10.2. The molecule has 0 spiro atoms. The van der Waals surface area contributed by atoms with Crippen molar-refractivity contribution in [2.45, 2.75) is 6.92 Å². The van der Waals surface area contributed by atoms with Crippen LogP contribution in [-0.2, 0) is 0 Å². The number of halogens is 2. The number of hydrogen-bond donors (Lipinski definition) is 0. The van der Waals surface area contributed by atoms with Crippen molar-refractivity contribution in [2.24, 2.45) is 0 Å². The maximum absolute atomic E-state index is 6.13. The first kappa shape index (κ1) is 9.98. The van der Waals surface area contributed by atoms with Gasteiger partial charge >= 0.3 is 0 Å². The molecule has 0 aliphatic carbocycles. The molecular weight excluding hydrogens is 312 g/mol. The second-order valence-corrected chi connectivity index (χ2v) is 4.42. The van der Waals surface area contributed by atoms with E-state index in [4.69, 9.17) is 16.0 Å². The number of benzene rings is 1. The fourth-order valence-corrected chi connectivity index (χ4v) is 1.85. The predicted molar refractivity (Wildman–Crippen MR) is 64.4 cm³/mol. The van der Waals surface area contributed by atoms with Gasteiger partial charge in [0, 0.05) is 3.57 Å². The predicted octanol–water partition coefficient (Wildman–Crippen LogP) is 3.91. The van der Waals surface area contributed by atoms with E-state index >= 15 is 0 Å². The Balaban J connectivity index is 2.57. The fraction of sp³-hybridized carbons (Fsp3) is 0.100. The van der Waals surface area contributed by atoms with Gasteiger partial charge in [-0.3, -0.25) is 0 Å². The summed E-state index contributed by atoms with van der Waals surface area (Å²) in [5.41, 5.74) is 0.840. The second-order valence-electron chi connectivity index (χ2n) is 2.88. The molecule has 0 N–H and O–H groups in total. The monoisotopic (exact) mass is 319 g/mol. The van der Waals surface area contributed by atoms with Crippen LogP contribution in [0.4, 0.5) is 0 Å². The minimum absolute atomic E-state index is 0.575. The molecule has 2 rings (SSSR count). The van der Waals surface area contributed by atoms with E-state index in [0.29, 0.717) is 10.9 Å². The second kappa shape index (κ2) is 3.90. The van der Waals surface area contributed by atoms with Crippen LogP contribution in [-0.4, -0.2) is 4.98 Å². The number of rotatable bonds is 1. The van der Waals surface area contributed by atoms with E-state index in [0.717, 1.165) is 14.9 Å². The van der Waals surface area contributed by atoms with Gasteiger partial charge in [-0.25, -0.2) is 4.98 Å². The normalized spacial score (nSPS) is 10.5. The first-order valence-electron chi connectivity index (χ1n) is 4.05. The summed E-state index contributed by atoms with van der Waals surface area (Å²) in [5, 5.41) is 0.690. The van der Waals surface area contributed by atoms with Crippen LogP contribution in [0.5, 0.6) is 0 Å². The maximum Gasteiger partial charge on any atom is 0.227 e. The zero-order valence-electron chi connectivity index (χ0n) is 7.42. The van der Waals surface area contributed by atoms with Crippen LogP contribution in [0.2, 0.25) is 5.02 Å². The lowest BCUT2D eigenvalue weighted by molar-refractivity contribution is 0.542. The molecule has 0 saturated carbocycles. The Bertz CT molecular complexity index is 467. The van der Waals surface area contributed by atoms with Crippen LogP contribution in [0.3, 0.4) is 0 Å². The molecule has 2 nitrogen and oxygen atoms in total. The van der Waals surface area contributed by atoms with E-state index in [9.17, 15) is 0 Å². The molecule has 1 aromatic carbocycles. The molecule has 0 fully saturated rings. The molecule has 0 unspecified atom stereocenters. The largest absolute Gasteiger partial charge is 0.441 e. The maximum atomic E-state index is 6.13. The van der Waals surface area contributed by atoms with Gasteiger partial charge in [0.15, 0.2) is 0 Å². The molecule has 0 amide bonds. The lowest BCUT2D eigenvalue weighted by Gasteiger charge is -2.00. The molecule has 0 bridgehead atoms.